The van der Waals surface area contributed by atoms with Crippen LogP contribution in [0.15, 0.2) is 69.6 Å². The molecule has 0 unspecified atom stereocenters. The Labute approximate surface area is 186 Å². The third-order valence-electron chi connectivity index (χ3n) is 4.91. The summed E-state index contributed by atoms with van der Waals surface area (Å²) in [5.41, 5.74) is 1.02. The molecule has 0 saturated carbocycles. The van der Waals surface area contributed by atoms with Gasteiger partial charge in [0.1, 0.15) is 11.9 Å². The van der Waals surface area contributed by atoms with Crippen LogP contribution in [0.25, 0.3) is 6.08 Å². The molecule has 0 spiro atoms. The quantitative estimate of drug-likeness (QED) is 0.564. The van der Waals surface area contributed by atoms with E-state index in [0.29, 0.717) is 25.6 Å². The summed E-state index contributed by atoms with van der Waals surface area (Å²) >= 11 is 7.40. The number of allylic oxidation sites excluding steroid dienone is 1. The molecule has 2 aromatic carbocycles. The number of ether oxygens (including phenoxy) is 1. The number of benzene rings is 2. The maximum atomic E-state index is 14.8. The number of carbonyl (C=O) groups excluding carboxylic acids is 1. The molecule has 0 bridgehead atoms. The van der Waals surface area contributed by atoms with Gasteiger partial charge in [-0.3, -0.25) is 9.36 Å². The van der Waals surface area contributed by atoms with Crippen molar-refractivity contribution in [2.45, 2.75) is 19.9 Å². The predicted molar refractivity (Wildman–Crippen MR) is 118 cm³/mol. The molecule has 1 aliphatic rings. The van der Waals surface area contributed by atoms with E-state index in [1.807, 2.05) is 6.07 Å². The van der Waals surface area contributed by atoms with Gasteiger partial charge in [-0.05, 0) is 37.6 Å². The Morgan fingerprint density at radius 2 is 1.97 bits per heavy atom. The molecule has 158 valence electrons. The third-order valence-corrected chi connectivity index (χ3v) is 6.24. The molecule has 3 aromatic rings. The lowest BCUT2D eigenvalue weighted by atomic mass is 9.95. The van der Waals surface area contributed by atoms with Crippen LogP contribution in [0.5, 0.6) is 0 Å². The summed E-state index contributed by atoms with van der Waals surface area (Å²) in [4.78, 5) is 31.0. The molecule has 1 aliphatic heterocycles. The minimum absolute atomic E-state index is 0.142. The SMILES string of the molecule is CCOC(=O)C1=C(C)N=c2sc(=Cc3ccccc3Cl)c(=O)n2[C@H]1c1ccccc1F. The number of aromatic nitrogens is 1. The third kappa shape index (κ3) is 3.86. The van der Waals surface area contributed by atoms with Gasteiger partial charge in [0.25, 0.3) is 5.56 Å². The number of halogens is 2. The number of rotatable bonds is 4. The van der Waals surface area contributed by atoms with Crippen molar-refractivity contribution >= 4 is 35.0 Å². The Morgan fingerprint density at radius 1 is 1.26 bits per heavy atom. The van der Waals surface area contributed by atoms with Crippen LogP contribution in [0.3, 0.4) is 0 Å². The van der Waals surface area contributed by atoms with E-state index >= 15 is 0 Å². The van der Waals surface area contributed by atoms with E-state index in [2.05, 4.69) is 4.99 Å². The van der Waals surface area contributed by atoms with Crippen molar-refractivity contribution in [1.82, 2.24) is 4.57 Å². The van der Waals surface area contributed by atoms with Gasteiger partial charge < -0.3 is 4.74 Å². The van der Waals surface area contributed by atoms with Gasteiger partial charge in [-0.15, -0.1) is 0 Å². The van der Waals surface area contributed by atoms with E-state index < -0.39 is 17.8 Å². The van der Waals surface area contributed by atoms with Crippen molar-refractivity contribution in [1.29, 1.82) is 0 Å². The molecule has 0 saturated heterocycles. The second kappa shape index (κ2) is 8.61. The van der Waals surface area contributed by atoms with Crippen LogP contribution in [0, 0.1) is 5.82 Å². The van der Waals surface area contributed by atoms with E-state index in [1.165, 1.54) is 10.6 Å². The van der Waals surface area contributed by atoms with Gasteiger partial charge >= 0.3 is 5.97 Å². The van der Waals surface area contributed by atoms with Crippen molar-refractivity contribution in [3.8, 4) is 0 Å². The minimum Gasteiger partial charge on any atom is -0.463 e. The molecule has 8 heteroatoms. The highest BCUT2D eigenvalue weighted by molar-refractivity contribution is 7.07. The second-order valence-electron chi connectivity index (χ2n) is 6.85. The van der Waals surface area contributed by atoms with Crippen molar-refractivity contribution in [3.63, 3.8) is 0 Å². The normalized spacial score (nSPS) is 16.1. The van der Waals surface area contributed by atoms with Crippen LogP contribution >= 0.6 is 22.9 Å². The molecular weight excluding hydrogens is 439 g/mol. The number of esters is 1. The van der Waals surface area contributed by atoms with E-state index in [1.54, 1.807) is 56.3 Å². The van der Waals surface area contributed by atoms with Crippen molar-refractivity contribution in [2.75, 3.05) is 6.61 Å². The highest BCUT2D eigenvalue weighted by Crippen LogP contribution is 2.32. The molecular formula is C23H18ClFN2O3S. The molecule has 0 N–H and O–H groups in total. The summed E-state index contributed by atoms with van der Waals surface area (Å²) in [5, 5.41) is 0.502. The lowest BCUT2D eigenvalue weighted by Gasteiger charge is -2.24. The van der Waals surface area contributed by atoms with Crippen LogP contribution in [0.4, 0.5) is 4.39 Å². The van der Waals surface area contributed by atoms with Crippen molar-refractivity contribution in [3.05, 3.63) is 101 Å². The zero-order valence-electron chi connectivity index (χ0n) is 16.8. The number of nitrogens with zero attached hydrogens (tertiary/aromatic N) is 2. The van der Waals surface area contributed by atoms with E-state index in [4.69, 9.17) is 16.3 Å². The monoisotopic (exact) mass is 456 g/mol. The Kier molecular flexibility index (Phi) is 5.89. The number of fused-ring (bicyclic) bond motifs is 1. The summed E-state index contributed by atoms with van der Waals surface area (Å²) in [6.45, 7) is 3.49. The van der Waals surface area contributed by atoms with Crippen LogP contribution in [-0.4, -0.2) is 17.1 Å². The summed E-state index contributed by atoms with van der Waals surface area (Å²) < 4.78 is 21.7. The standard InChI is InChI=1S/C23H18ClFN2O3S/c1-3-30-22(29)19-13(2)26-23-27(20(19)15-9-5-7-11-17(15)25)21(28)18(31-23)12-14-8-4-6-10-16(14)24/h4-12,20H,3H2,1-2H3/t20-/m0/s1. The molecule has 31 heavy (non-hydrogen) atoms. The molecule has 0 radical (unpaired) electrons. The fourth-order valence-electron chi connectivity index (χ4n) is 3.52. The maximum Gasteiger partial charge on any atom is 0.338 e. The van der Waals surface area contributed by atoms with E-state index in [9.17, 15) is 14.0 Å². The summed E-state index contributed by atoms with van der Waals surface area (Å²) in [6, 6.07) is 12.2. The highest BCUT2D eigenvalue weighted by Gasteiger charge is 2.34. The molecule has 0 aliphatic carbocycles. The lowest BCUT2D eigenvalue weighted by Crippen LogP contribution is -2.40. The first-order chi connectivity index (χ1) is 14.9. The van der Waals surface area contributed by atoms with Gasteiger partial charge in [-0.1, -0.05) is 59.3 Å². The second-order valence-corrected chi connectivity index (χ2v) is 8.26. The first kappa shape index (κ1) is 21.2. The van der Waals surface area contributed by atoms with Crippen LogP contribution in [-0.2, 0) is 9.53 Å². The summed E-state index contributed by atoms with van der Waals surface area (Å²) in [7, 11) is 0. The van der Waals surface area contributed by atoms with Crippen LogP contribution < -0.4 is 14.9 Å². The highest BCUT2D eigenvalue weighted by atomic mass is 35.5. The Bertz CT molecular complexity index is 1390. The maximum absolute atomic E-state index is 14.8. The first-order valence-electron chi connectivity index (χ1n) is 9.61. The van der Waals surface area contributed by atoms with Gasteiger partial charge in [0, 0.05) is 10.6 Å². The van der Waals surface area contributed by atoms with Gasteiger partial charge in [0.05, 0.1) is 22.4 Å². The van der Waals surface area contributed by atoms with Gasteiger partial charge in [-0.25, -0.2) is 14.2 Å². The predicted octanol–water partition coefficient (Wildman–Crippen LogP) is 3.59. The fourth-order valence-corrected chi connectivity index (χ4v) is 4.74. The van der Waals surface area contributed by atoms with Crippen LogP contribution in [0.2, 0.25) is 5.02 Å². The van der Waals surface area contributed by atoms with E-state index in [0.717, 1.165) is 11.3 Å². The summed E-state index contributed by atoms with van der Waals surface area (Å²) in [6.07, 6.45) is 1.67. The van der Waals surface area contributed by atoms with Crippen LogP contribution in [0.1, 0.15) is 31.0 Å². The Hall–Kier alpha value is -3.03. The first-order valence-corrected chi connectivity index (χ1v) is 10.8. The average molecular weight is 457 g/mol. The molecule has 5 nitrogen and oxygen atoms in total. The van der Waals surface area contributed by atoms with Crippen molar-refractivity contribution in [2.24, 2.45) is 4.99 Å². The smallest absolute Gasteiger partial charge is 0.338 e. The van der Waals surface area contributed by atoms with E-state index in [-0.39, 0.29) is 23.3 Å². The number of hydrogen-bond acceptors (Lipinski definition) is 5. The van der Waals surface area contributed by atoms with Gasteiger partial charge in [0.2, 0.25) is 0 Å². The number of hydrogen-bond donors (Lipinski definition) is 0. The number of carbonyl (C=O) groups is 1. The molecule has 1 aromatic heterocycles. The molecule has 4 rings (SSSR count). The van der Waals surface area contributed by atoms with Crippen molar-refractivity contribution < 1.29 is 13.9 Å². The fraction of sp³-hybridized carbons (Fsp3) is 0.174. The number of thiazole rings is 1. The molecule has 0 amide bonds. The minimum atomic E-state index is -0.982. The zero-order chi connectivity index (χ0) is 22.1. The molecule has 2 heterocycles. The average Bonchev–Trinajstić information content (AvgIpc) is 3.04. The van der Waals surface area contributed by atoms with Gasteiger partial charge in [-0.2, -0.15) is 0 Å². The topological polar surface area (TPSA) is 60.7 Å². The molecule has 1 atom stereocenters. The molecule has 0 fully saturated rings. The van der Waals surface area contributed by atoms with Gasteiger partial charge in [0.15, 0.2) is 4.80 Å². The lowest BCUT2D eigenvalue weighted by molar-refractivity contribution is -0.139. The Morgan fingerprint density at radius 3 is 2.68 bits per heavy atom. The summed E-state index contributed by atoms with van der Waals surface area (Å²) in [5.74, 6) is -1.15. The Balaban J connectivity index is 2.00. The zero-order valence-corrected chi connectivity index (χ0v) is 18.3. The largest absolute Gasteiger partial charge is 0.463 e.